The molecule has 1 saturated carbocycles. The molecule has 0 unspecified atom stereocenters. The van der Waals surface area contributed by atoms with Crippen LogP contribution in [0.15, 0.2) is 53.2 Å². The van der Waals surface area contributed by atoms with E-state index in [0.29, 0.717) is 48.0 Å². The molecule has 5 N–H and O–H groups in total. The predicted molar refractivity (Wildman–Crippen MR) is 147 cm³/mol. The highest BCUT2D eigenvalue weighted by molar-refractivity contribution is 6.31. The lowest BCUT2D eigenvalue weighted by Gasteiger charge is -2.29. The molecule has 0 atom stereocenters. The fourth-order valence-corrected chi connectivity index (χ4v) is 4.15. The number of hydrogen-bond acceptors (Lipinski definition) is 6. The van der Waals surface area contributed by atoms with E-state index in [9.17, 15) is 9.59 Å². The van der Waals surface area contributed by atoms with Gasteiger partial charge in [0.25, 0.3) is 0 Å². The van der Waals surface area contributed by atoms with Gasteiger partial charge in [-0.3, -0.25) is 14.6 Å². The Morgan fingerprint density at radius 3 is 2.27 bits per heavy atom. The summed E-state index contributed by atoms with van der Waals surface area (Å²) >= 11 is 6.24. The molecule has 0 bridgehead atoms. The number of rotatable bonds is 11. The third kappa shape index (κ3) is 11.3. The summed E-state index contributed by atoms with van der Waals surface area (Å²) in [6.45, 7) is 11.0. The number of carbonyl (C=O) groups is 2. The maximum Gasteiger partial charge on any atom is 0.407 e. The van der Waals surface area contributed by atoms with E-state index in [2.05, 4.69) is 27.7 Å². The molecule has 0 saturated heterocycles. The van der Waals surface area contributed by atoms with Crippen LogP contribution in [0.25, 0.3) is 0 Å². The van der Waals surface area contributed by atoms with Crippen molar-refractivity contribution in [2.75, 3.05) is 20.2 Å². The van der Waals surface area contributed by atoms with Gasteiger partial charge in [-0.25, -0.2) is 10.3 Å². The molecule has 10 heteroatoms. The van der Waals surface area contributed by atoms with Crippen LogP contribution < -0.4 is 21.8 Å². The van der Waals surface area contributed by atoms with Crippen molar-refractivity contribution in [1.29, 1.82) is 0 Å². The minimum absolute atomic E-state index is 0.151. The van der Waals surface area contributed by atoms with Crippen molar-refractivity contribution in [2.45, 2.75) is 58.6 Å². The Morgan fingerprint density at radius 1 is 1.14 bits per heavy atom. The molecule has 0 aliphatic heterocycles. The first-order valence-electron chi connectivity index (χ1n) is 12.5. The molecule has 0 radical (unpaired) electrons. The van der Waals surface area contributed by atoms with Gasteiger partial charge in [0, 0.05) is 24.2 Å². The molecule has 1 aromatic rings. The van der Waals surface area contributed by atoms with Crippen LogP contribution >= 0.6 is 11.6 Å². The van der Waals surface area contributed by atoms with Gasteiger partial charge in [0.05, 0.1) is 24.9 Å². The molecular weight excluding hydrogens is 494 g/mol. The summed E-state index contributed by atoms with van der Waals surface area (Å²) in [5.41, 5.74) is 9.23. The van der Waals surface area contributed by atoms with E-state index in [1.165, 1.54) is 7.11 Å². The third-order valence-electron chi connectivity index (χ3n) is 5.97. The molecule has 37 heavy (non-hydrogen) atoms. The maximum atomic E-state index is 11.9. The SMILES string of the molecule is C=C(C(N)=O)/C(=C\C(=NCc1ccccc1Cl)NOC)NCC1CCC(CNC(=O)OC(C)(C)C)CC1. The van der Waals surface area contributed by atoms with Gasteiger partial charge in [0.2, 0.25) is 5.91 Å². The lowest BCUT2D eigenvalue weighted by molar-refractivity contribution is -0.114. The molecule has 1 aliphatic rings. The fraction of sp³-hybridized carbons (Fsp3) is 0.519. The summed E-state index contributed by atoms with van der Waals surface area (Å²) in [6, 6.07) is 7.44. The van der Waals surface area contributed by atoms with Crippen LogP contribution in [0.4, 0.5) is 4.79 Å². The normalized spacial score (nSPS) is 18.6. The number of hydroxylamine groups is 1. The number of ether oxygens (including phenoxy) is 1. The van der Waals surface area contributed by atoms with Gasteiger partial charge in [0.1, 0.15) is 11.4 Å². The van der Waals surface area contributed by atoms with Gasteiger partial charge in [-0.05, 0) is 69.9 Å². The average molecular weight is 534 g/mol. The summed E-state index contributed by atoms with van der Waals surface area (Å²) in [5.74, 6) is 0.581. The van der Waals surface area contributed by atoms with Crippen LogP contribution in [0.5, 0.6) is 0 Å². The molecular formula is C27H40ClN5O4. The number of amides is 2. The van der Waals surface area contributed by atoms with Crippen molar-refractivity contribution in [2.24, 2.45) is 22.6 Å². The minimum Gasteiger partial charge on any atom is -0.444 e. The van der Waals surface area contributed by atoms with E-state index in [4.69, 9.17) is 26.9 Å². The number of nitrogens with zero attached hydrogens (tertiary/aromatic N) is 1. The summed E-state index contributed by atoms with van der Waals surface area (Å²) in [6.07, 6.45) is 5.25. The number of aliphatic imine (C=N–C) groups is 1. The Hall–Kier alpha value is -3.04. The van der Waals surface area contributed by atoms with Gasteiger partial charge < -0.3 is 21.1 Å². The maximum absolute atomic E-state index is 11.9. The summed E-state index contributed by atoms with van der Waals surface area (Å²) in [7, 11) is 1.48. The number of carbonyl (C=O) groups excluding carboxylic acids is 2. The zero-order chi connectivity index (χ0) is 27.4. The van der Waals surface area contributed by atoms with E-state index in [1.54, 1.807) is 12.1 Å². The second-order valence-corrected chi connectivity index (χ2v) is 10.6. The first kappa shape index (κ1) is 30.2. The first-order chi connectivity index (χ1) is 17.5. The van der Waals surface area contributed by atoms with Crippen molar-refractivity contribution < 1.29 is 19.2 Å². The van der Waals surface area contributed by atoms with Crippen molar-refractivity contribution in [3.8, 4) is 0 Å². The highest BCUT2D eigenvalue weighted by Gasteiger charge is 2.23. The van der Waals surface area contributed by atoms with E-state index in [1.807, 2.05) is 39.0 Å². The number of halogens is 1. The van der Waals surface area contributed by atoms with Gasteiger partial charge in [-0.1, -0.05) is 36.4 Å². The molecule has 1 fully saturated rings. The molecule has 2 rings (SSSR count). The fourth-order valence-electron chi connectivity index (χ4n) is 3.96. The Kier molecular flexibility index (Phi) is 11.9. The largest absolute Gasteiger partial charge is 0.444 e. The molecule has 1 aromatic carbocycles. The molecule has 0 spiro atoms. The molecule has 2 amide bonds. The van der Waals surface area contributed by atoms with Gasteiger partial charge >= 0.3 is 6.09 Å². The Bertz CT molecular complexity index is 995. The van der Waals surface area contributed by atoms with Crippen LogP contribution in [0.3, 0.4) is 0 Å². The van der Waals surface area contributed by atoms with Crippen molar-refractivity contribution in [1.82, 2.24) is 16.1 Å². The minimum atomic E-state index is -0.626. The molecule has 0 aromatic heterocycles. The van der Waals surface area contributed by atoms with Crippen LogP contribution in [0.2, 0.25) is 5.02 Å². The Labute approximate surface area is 224 Å². The molecule has 0 heterocycles. The first-order valence-corrected chi connectivity index (χ1v) is 12.8. The third-order valence-corrected chi connectivity index (χ3v) is 6.34. The van der Waals surface area contributed by atoms with Crippen molar-refractivity contribution in [3.63, 3.8) is 0 Å². The zero-order valence-corrected chi connectivity index (χ0v) is 23.0. The summed E-state index contributed by atoms with van der Waals surface area (Å²) < 4.78 is 5.31. The van der Waals surface area contributed by atoms with Gasteiger partial charge in [-0.2, -0.15) is 0 Å². The molecule has 1 aliphatic carbocycles. The monoisotopic (exact) mass is 533 g/mol. The van der Waals surface area contributed by atoms with Crippen LogP contribution in [0.1, 0.15) is 52.0 Å². The lowest BCUT2D eigenvalue weighted by Crippen LogP contribution is -2.37. The summed E-state index contributed by atoms with van der Waals surface area (Å²) in [5, 5.41) is 6.82. The van der Waals surface area contributed by atoms with Gasteiger partial charge in [0.15, 0.2) is 0 Å². The number of nitrogens with two attached hydrogens (primary N) is 1. The van der Waals surface area contributed by atoms with E-state index >= 15 is 0 Å². The van der Waals surface area contributed by atoms with Crippen LogP contribution in [0, 0.1) is 11.8 Å². The zero-order valence-electron chi connectivity index (χ0n) is 22.2. The number of benzene rings is 1. The van der Waals surface area contributed by atoms with Gasteiger partial charge in [-0.15, -0.1) is 0 Å². The Balaban J connectivity index is 1.97. The van der Waals surface area contributed by atoms with Crippen molar-refractivity contribution >= 4 is 29.4 Å². The van der Waals surface area contributed by atoms with E-state index in [0.717, 1.165) is 31.2 Å². The second kappa shape index (κ2) is 14.6. The van der Waals surface area contributed by atoms with E-state index < -0.39 is 11.5 Å². The topological polar surface area (TPSA) is 127 Å². The van der Waals surface area contributed by atoms with E-state index in [-0.39, 0.29) is 11.7 Å². The number of hydrogen-bond donors (Lipinski definition) is 4. The second-order valence-electron chi connectivity index (χ2n) is 10.2. The number of alkyl carbamates (subject to hydrolysis) is 1. The number of nitrogens with one attached hydrogen (secondary N) is 3. The smallest absolute Gasteiger partial charge is 0.407 e. The van der Waals surface area contributed by atoms with Crippen LogP contribution in [-0.4, -0.2) is 43.6 Å². The quantitative estimate of drug-likeness (QED) is 0.111. The standard InChI is InChI=1S/C27H40ClN5O4/c1-18(25(29)34)23(14-24(33-36-5)31-17-21-8-6-7-9-22(21)28)30-15-19-10-12-20(13-11-19)16-32-26(35)37-27(2,3)4/h6-9,14,19-20,30H,1,10-13,15-17H2,2-5H3,(H2,29,34)(H,31,33)(H,32,35)/b23-14+. The highest BCUT2D eigenvalue weighted by atomic mass is 35.5. The number of amidine groups is 1. The predicted octanol–water partition coefficient (Wildman–Crippen LogP) is 4.24. The summed E-state index contributed by atoms with van der Waals surface area (Å²) in [4.78, 5) is 33.4. The van der Waals surface area contributed by atoms with Crippen LogP contribution in [-0.2, 0) is 20.9 Å². The number of primary amides is 1. The highest BCUT2D eigenvalue weighted by Crippen LogP contribution is 2.28. The molecule has 9 nitrogen and oxygen atoms in total. The average Bonchev–Trinajstić information content (AvgIpc) is 2.83. The molecule has 204 valence electrons. The lowest BCUT2D eigenvalue weighted by atomic mass is 9.82. The van der Waals surface area contributed by atoms with Crippen molar-refractivity contribution in [3.05, 3.63) is 58.8 Å². The Morgan fingerprint density at radius 2 is 1.73 bits per heavy atom.